The summed E-state index contributed by atoms with van der Waals surface area (Å²) < 4.78 is 10.8. The molecule has 0 radical (unpaired) electrons. The number of aryl methyl sites for hydroxylation is 1. The van der Waals surface area contributed by atoms with Crippen molar-refractivity contribution >= 4 is 23.2 Å². The molecule has 6 heteroatoms. The van der Waals surface area contributed by atoms with Crippen LogP contribution in [0.1, 0.15) is 22.3 Å². The maximum Gasteiger partial charge on any atom is 0.255 e. The summed E-state index contributed by atoms with van der Waals surface area (Å²) in [5.41, 5.74) is 2.52. The van der Waals surface area contributed by atoms with E-state index < -0.39 is 0 Å². The van der Waals surface area contributed by atoms with Crippen molar-refractivity contribution in [1.29, 1.82) is 0 Å². The van der Waals surface area contributed by atoms with E-state index in [0.29, 0.717) is 35.0 Å². The van der Waals surface area contributed by atoms with Gasteiger partial charge in [-0.1, -0.05) is 6.07 Å². The van der Waals surface area contributed by atoms with E-state index in [9.17, 15) is 9.59 Å². The minimum absolute atomic E-state index is 0.133. The van der Waals surface area contributed by atoms with E-state index in [1.54, 1.807) is 31.4 Å². The number of carbonyl (C=O) groups excluding carboxylic acids is 2. The van der Waals surface area contributed by atoms with Crippen molar-refractivity contribution in [2.24, 2.45) is 0 Å². The number of hydrogen-bond acceptors (Lipinski definition) is 4. The molecular formula is C18H18N2O4. The molecule has 1 aliphatic rings. The lowest BCUT2D eigenvalue weighted by Crippen LogP contribution is -2.14. The van der Waals surface area contributed by atoms with Crippen molar-refractivity contribution in [2.75, 3.05) is 24.4 Å². The molecule has 0 saturated heterocycles. The van der Waals surface area contributed by atoms with Crippen LogP contribution in [-0.4, -0.2) is 25.5 Å². The molecule has 0 saturated carbocycles. The molecule has 0 unspecified atom stereocenters. The van der Waals surface area contributed by atoms with Crippen molar-refractivity contribution in [1.82, 2.24) is 0 Å². The van der Waals surface area contributed by atoms with Crippen LogP contribution in [0, 0.1) is 6.92 Å². The molecule has 2 amide bonds. The van der Waals surface area contributed by atoms with Gasteiger partial charge in [0.15, 0.2) is 0 Å². The maximum absolute atomic E-state index is 12.5. The van der Waals surface area contributed by atoms with Gasteiger partial charge in [-0.3, -0.25) is 9.59 Å². The van der Waals surface area contributed by atoms with E-state index in [2.05, 4.69) is 10.6 Å². The van der Waals surface area contributed by atoms with E-state index >= 15 is 0 Å². The van der Waals surface area contributed by atoms with Crippen LogP contribution in [-0.2, 0) is 4.79 Å². The van der Waals surface area contributed by atoms with Gasteiger partial charge in [-0.25, -0.2) is 0 Å². The second-order valence-corrected chi connectivity index (χ2v) is 5.52. The van der Waals surface area contributed by atoms with Crippen LogP contribution in [0.25, 0.3) is 0 Å². The van der Waals surface area contributed by atoms with Gasteiger partial charge in [0.25, 0.3) is 5.91 Å². The summed E-state index contributed by atoms with van der Waals surface area (Å²) in [4.78, 5) is 24.2. The predicted octanol–water partition coefficient (Wildman–Crippen LogP) is 2.98. The lowest BCUT2D eigenvalue weighted by molar-refractivity contribution is -0.116. The number of hydrogen-bond donors (Lipinski definition) is 2. The number of anilines is 2. The third-order valence-electron chi connectivity index (χ3n) is 3.71. The molecule has 0 spiro atoms. The van der Waals surface area contributed by atoms with Gasteiger partial charge >= 0.3 is 0 Å². The number of ether oxygens (including phenoxy) is 2. The number of benzene rings is 2. The van der Waals surface area contributed by atoms with Crippen LogP contribution in [0.2, 0.25) is 0 Å². The molecule has 6 nitrogen and oxygen atoms in total. The molecule has 0 fully saturated rings. The van der Waals surface area contributed by atoms with Crippen LogP contribution in [0.5, 0.6) is 11.5 Å². The molecule has 24 heavy (non-hydrogen) atoms. The normalized spacial score (nSPS) is 13.2. The van der Waals surface area contributed by atoms with Gasteiger partial charge in [-0.05, 0) is 42.8 Å². The molecule has 3 rings (SSSR count). The summed E-state index contributed by atoms with van der Waals surface area (Å²) in [6.07, 6.45) is 0.288. The van der Waals surface area contributed by atoms with Gasteiger partial charge in [-0.2, -0.15) is 0 Å². The highest BCUT2D eigenvalue weighted by atomic mass is 16.5. The minimum atomic E-state index is -0.291. The summed E-state index contributed by atoms with van der Waals surface area (Å²) >= 11 is 0. The van der Waals surface area contributed by atoms with E-state index in [1.807, 2.05) is 19.1 Å². The monoisotopic (exact) mass is 326 g/mol. The van der Waals surface area contributed by atoms with Crippen molar-refractivity contribution < 1.29 is 19.1 Å². The fourth-order valence-electron chi connectivity index (χ4n) is 2.48. The zero-order valence-electron chi connectivity index (χ0n) is 13.5. The second-order valence-electron chi connectivity index (χ2n) is 5.52. The zero-order chi connectivity index (χ0) is 17.1. The average molecular weight is 326 g/mol. The Kier molecular flexibility index (Phi) is 4.37. The maximum atomic E-state index is 12.5. The summed E-state index contributed by atoms with van der Waals surface area (Å²) in [7, 11) is 1.55. The first-order valence-corrected chi connectivity index (χ1v) is 7.59. The van der Waals surface area contributed by atoms with Gasteiger partial charge in [0.2, 0.25) is 5.91 Å². The molecule has 2 aromatic rings. The lowest BCUT2D eigenvalue weighted by Gasteiger charge is -2.12. The topological polar surface area (TPSA) is 76.7 Å². The quantitative estimate of drug-likeness (QED) is 0.909. The second kappa shape index (κ2) is 6.62. The van der Waals surface area contributed by atoms with Crippen LogP contribution in [0.3, 0.4) is 0 Å². The summed E-state index contributed by atoms with van der Waals surface area (Å²) in [5.74, 6) is 0.720. The van der Waals surface area contributed by atoms with Crippen LogP contribution in [0.15, 0.2) is 36.4 Å². The van der Waals surface area contributed by atoms with Crippen molar-refractivity contribution in [3.8, 4) is 11.5 Å². The Labute approximate surface area is 139 Å². The Morgan fingerprint density at radius 3 is 2.88 bits per heavy atom. The highest BCUT2D eigenvalue weighted by molar-refractivity contribution is 6.06. The molecule has 2 N–H and O–H groups in total. The highest BCUT2D eigenvalue weighted by Gasteiger charge is 2.17. The molecule has 0 aromatic heterocycles. The molecule has 2 aromatic carbocycles. The molecule has 1 aliphatic heterocycles. The first-order chi connectivity index (χ1) is 11.6. The van der Waals surface area contributed by atoms with Gasteiger partial charge in [0.1, 0.15) is 11.5 Å². The van der Waals surface area contributed by atoms with Crippen molar-refractivity contribution in [3.63, 3.8) is 0 Å². The van der Waals surface area contributed by atoms with Crippen LogP contribution >= 0.6 is 0 Å². The Morgan fingerprint density at radius 2 is 2.08 bits per heavy atom. The van der Waals surface area contributed by atoms with Gasteiger partial charge in [-0.15, -0.1) is 0 Å². The Balaban J connectivity index is 1.86. The molecule has 1 heterocycles. The smallest absolute Gasteiger partial charge is 0.255 e. The van der Waals surface area contributed by atoms with E-state index in [4.69, 9.17) is 9.47 Å². The number of methoxy groups -OCH3 is 1. The SMILES string of the molecule is COc1ccc(C)cc1NC(=O)c1ccc2c(c1)NC(=O)CCO2. The Bertz CT molecular complexity index is 802. The molecule has 0 aliphatic carbocycles. The van der Waals surface area contributed by atoms with Gasteiger partial charge in [0.05, 0.1) is 31.5 Å². The van der Waals surface area contributed by atoms with Crippen LogP contribution < -0.4 is 20.1 Å². The number of carbonyl (C=O) groups is 2. The molecule has 0 bridgehead atoms. The zero-order valence-corrected chi connectivity index (χ0v) is 13.5. The first kappa shape index (κ1) is 15.9. The number of rotatable bonds is 3. The fourth-order valence-corrected chi connectivity index (χ4v) is 2.48. The largest absolute Gasteiger partial charge is 0.495 e. The molecule has 124 valence electrons. The van der Waals surface area contributed by atoms with Gasteiger partial charge < -0.3 is 20.1 Å². The molecular weight excluding hydrogens is 308 g/mol. The number of nitrogens with one attached hydrogen (secondary N) is 2. The van der Waals surface area contributed by atoms with E-state index in [0.717, 1.165) is 5.56 Å². The van der Waals surface area contributed by atoms with Gasteiger partial charge in [0, 0.05) is 5.56 Å². The number of fused-ring (bicyclic) bond motifs is 1. The summed E-state index contributed by atoms with van der Waals surface area (Å²) in [6.45, 7) is 2.26. The Morgan fingerprint density at radius 1 is 1.25 bits per heavy atom. The Hall–Kier alpha value is -3.02. The lowest BCUT2D eigenvalue weighted by atomic mass is 10.1. The average Bonchev–Trinajstić information content (AvgIpc) is 2.74. The minimum Gasteiger partial charge on any atom is -0.495 e. The third kappa shape index (κ3) is 3.32. The van der Waals surface area contributed by atoms with Crippen molar-refractivity contribution in [2.45, 2.75) is 13.3 Å². The summed E-state index contributed by atoms with van der Waals surface area (Å²) in [6, 6.07) is 10.5. The fraction of sp³-hybridized carbons (Fsp3) is 0.222. The third-order valence-corrected chi connectivity index (χ3v) is 3.71. The van der Waals surface area contributed by atoms with E-state index in [-0.39, 0.29) is 18.2 Å². The van der Waals surface area contributed by atoms with Crippen molar-refractivity contribution in [3.05, 3.63) is 47.5 Å². The highest BCUT2D eigenvalue weighted by Crippen LogP contribution is 2.30. The molecule has 0 atom stereocenters. The summed E-state index contributed by atoms with van der Waals surface area (Å²) in [5, 5.41) is 5.58. The standard InChI is InChI=1S/C18H18N2O4/c1-11-3-5-15(23-2)13(9-11)20-18(22)12-4-6-16-14(10-12)19-17(21)7-8-24-16/h3-6,9-10H,7-8H2,1-2H3,(H,19,21)(H,20,22). The first-order valence-electron chi connectivity index (χ1n) is 7.59. The van der Waals surface area contributed by atoms with Crippen LogP contribution in [0.4, 0.5) is 11.4 Å². The predicted molar refractivity (Wildman–Crippen MR) is 90.9 cm³/mol. The number of amides is 2. The van der Waals surface area contributed by atoms with E-state index in [1.165, 1.54) is 0 Å².